The second kappa shape index (κ2) is 9.21. The lowest BCUT2D eigenvalue weighted by atomic mass is 10.1. The smallest absolute Gasteiger partial charge is 0.230 e. The maximum absolute atomic E-state index is 12.4. The minimum Gasteiger partial charge on any atom is -0.490 e. The molecule has 0 aliphatic carbocycles. The van der Waals surface area contributed by atoms with Gasteiger partial charge in [0.05, 0.1) is 25.0 Å². The van der Waals surface area contributed by atoms with Crippen molar-refractivity contribution in [2.45, 2.75) is 24.5 Å². The zero-order chi connectivity index (χ0) is 20.9. The molecular weight excluding hydrogens is 400 g/mol. The number of fused-ring (bicyclic) bond motifs is 1. The SMILES string of the molecule is C[C@@H](NC(=O)CSc1nnc(-c2ccc3c(c2)OCCCO3)n1C)c1ccccc1. The maximum Gasteiger partial charge on any atom is 0.230 e. The number of hydrogen-bond acceptors (Lipinski definition) is 6. The van der Waals surface area contributed by atoms with Gasteiger partial charge in [-0.2, -0.15) is 0 Å². The lowest BCUT2D eigenvalue weighted by Crippen LogP contribution is -2.28. The van der Waals surface area contributed by atoms with Crippen molar-refractivity contribution in [3.63, 3.8) is 0 Å². The summed E-state index contributed by atoms with van der Waals surface area (Å²) in [6.45, 7) is 3.26. The highest BCUT2D eigenvalue weighted by Crippen LogP contribution is 2.34. The van der Waals surface area contributed by atoms with Crippen molar-refractivity contribution in [1.29, 1.82) is 0 Å². The van der Waals surface area contributed by atoms with Crippen molar-refractivity contribution in [1.82, 2.24) is 20.1 Å². The van der Waals surface area contributed by atoms with Crippen molar-refractivity contribution < 1.29 is 14.3 Å². The Morgan fingerprint density at radius 3 is 2.70 bits per heavy atom. The molecule has 0 saturated heterocycles. The van der Waals surface area contributed by atoms with Gasteiger partial charge >= 0.3 is 0 Å². The Balaban J connectivity index is 1.40. The molecular formula is C22H24N4O3S. The lowest BCUT2D eigenvalue weighted by Gasteiger charge is -2.14. The zero-order valence-corrected chi connectivity index (χ0v) is 17.8. The maximum atomic E-state index is 12.4. The van der Waals surface area contributed by atoms with Crippen LogP contribution in [0.25, 0.3) is 11.4 Å². The molecule has 3 aromatic rings. The number of rotatable bonds is 6. The fourth-order valence-corrected chi connectivity index (χ4v) is 3.95. The van der Waals surface area contributed by atoms with Crippen LogP contribution in [0.2, 0.25) is 0 Å². The van der Waals surface area contributed by atoms with Gasteiger partial charge in [0.1, 0.15) is 0 Å². The van der Waals surface area contributed by atoms with Crippen LogP contribution >= 0.6 is 11.8 Å². The summed E-state index contributed by atoms with van der Waals surface area (Å²) in [5.74, 6) is 2.40. The second-order valence-electron chi connectivity index (χ2n) is 7.07. The van der Waals surface area contributed by atoms with E-state index in [1.807, 2.05) is 67.1 Å². The Labute approximate surface area is 179 Å². The molecule has 0 unspecified atom stereocenters. The van der Waals surface area contributed by atoms with Crippen LogP contribution in [0.5, 0.6) is 11.5 Å². The van der Waals surface area contributed by atoms with Gasteiger partial charge in [-0.25, -0.2) is 0 Å². The molecule has 0 bridgehead atoms. The molecule has 2 aromatic carbocycles. The van der Waals surface area contributed by atoms with Crippen LogP contribution in [0.3, 0.4) is 0 Å². The second-order valence-corrected chi connectivity index (χ2v) is 8.01. The largest absolute Gasteiger partial charge is 0.490 e. The van der Waals surface area contributed by atoms with Gasteiger partial charge in [-0.15, -0.1) is 10.2 Å². The molecule has 1 amide bonds. The number of carbonyl (C=O) groups excluding carboxylic acids is 1. The highest BCUT2D eigenvalue weighted by molar-refractivity contribution is 7.99. The first-order valence-corrected chi connectivity index (χ1v) is 10.9. The van der Waals surface area contributed by atoms with Crippen LogP contribution in [0.1, 0.15) is 24.9 Å². The average Bonchev–Trinajstić information content (AvgIpc) is 2.97. The van der Waals surface area contributed by atoms with E-state index in [4.69, 9.17) is 9.47 Å². The molecule has 0 saturated carbocycles. The van der Waals surface area contributed by atoms with Crippen LogP contribution in [0, 0.1) is 0 Å². The van der Waals surface area contributed by atoms with Gasteiger partial charge in [-0.1, -0.05) is 42.1 Å². The number of aromatic nitrogens is 3. The fraction of sp³-hybridized carbons (Fsp3) is 0.318. The van der Waals surface area contributed by atoms with Crippen LogP contribution in [-0.4, -0.2) is 39.6 Å². The van der Waals surface area contributed by atoms with Gasteiger partial charge < -0.3 is 19.4 Å². The highest BCUT2D eigenvalue weighted by atomic mass is 32.2. The van der Waals surface area contributed by atoms with E-state index in [2.05, 4.69) is 15.5 Å². The Bertz CT molecular complexity index is 1020. The monoisotopic (exact) mass is 424 g/mol. The van der Waals surface area contributed by atoms with Gasteiger partial charge in [0.2, 0.25) is 5.91 Å². The Morgan fingerprint density at radius 1 is 1.13 bits per heavy atom. The molecule has 1 aromatic heterocycles. The van der Waals surface area contributed by atoms with E-state index in [0.29, 0.717) is 24.2 Å². The molecule has 0 spiro atoms. The third-order valence-corrected chi connectivity index (χ3v) is 5.87. The number of nitrogens with one attached hydrogen (secondary N) is 1. The van der Waals surface area contributed by atoms with E-state index in [-0.39, 0.29) is 17.7 Å². The normalized spacial score (nSPS) is 14.1. The molecule has 156 valence electrons. The van der Waals surface area contributed by atoms with Gasteiger partial charge in [-0.05, 0) is 30.7 Å². The van der Waals surface area contributed by atoms with E-state index < -0.39 is 0 Å². The molecule has 7 nitrogen and oxygen atoms in total. The minimum atomic E-state index is -0.0452. The van der Waals surface area contributed by atoms with E-state index >= 15 is 0 Å². The zero-order valence-electron chi connectivity index (χ0n) is 17.0. The van der Waals surface area contributed by atoms with E-state index in [9.17, 15) is 4.79 Å². The Morgan fingerprint density at radius 2 is 1.90 bits per heavy atom. The summed E-state index contributed by atoms with van der Waals surface area (Å²) in [7, 11) is 1.89. The van der Waals surface area contributed by atoms with Gasteiger partial charge in [0, 0.05) is 19.0 Å². The van der Waals surface area contributed by atoms with E-state index in [1.165, 1.54) is 11.8 Å². The number of amides is 1. The summed E-state index contributed by atoms with van der Waals surface area (Å²) in [5, 5.41) is 12.3. The van der Waals surface area contributed by atoms with Crippen molar-refractivity contribution in [2.24, 2.45) is 7.05 Å². The van der Waals surface area contributed by atoms with Crippen LogP contribution < -0.4 is 14.8 Å². The summed E-state index contributed by atoms with van der Waals surface area (Å²) in [4.78, 5) is 12.4. The number of carbonyl (C=O) groups is 1. The first kappa shape index (κ1) is 20.3. The van der Waals surface area contributed by atoms with E-state index in [0.717, 1.165) is 29.0 Å². The summed E-state index contributed by atoms with van der Waals surface area (Å²) in [6, 6.07) is 15.6. The quantitative estimate of drug-likeness (QED) is 0.609. The number of ether oxygens (including phenoxy) is 2. The molecule has 1 aliphatic rings. The fourth-order valence-electron chi connectivity index (χ4n) is 3.23. The Hall–Kier alpha value is -3.00. The van der Waals surface area contributed by atoms with Crippen molar-refractivity contribution >= 4 is 17.7 Å². The lowest BCUT2D eigenvalue weighted by molar-refractivity contribution is -0.119. The van der Waals surface area contributed by atoms with Gasteiger partial charge in [0.15, 0.2) is 22.5 Å². The molecule has 1 N–H and O–H groups in total. The molecule has 2 heterocycles. The highest BCUT2D eigenvalue weighted by Gasteiger charge is 2.17. The minimum absolute atomic E-state index is 0.0449. The molecule has 1 atom stereocenters. The third kappa shape index (κ3) is 4.59. The van der Waals surface area contributed by atoms with Gasteiger partial charge in [-0.3, -0.25) is 4.79 Å². The molecule has 0 fully saturated rings. The molecule has 8 heteroatoms. The molecule has 4 rings (SSSR count). The van der Waals surface area contributed by atoms with Crippen molar-refractivity contribution in [3.8, 4) is 22.9 Å². The van der Waals surface area contributed by atoms with Crippen molar-refractivity contribution in [2.75, 3.05) is 19.0 Å². The molecule has 1 aliphatic heterocycles. The number of benzene rings is 2. The molecule has 30 heavy (non-hydrogen) atoms. The summed E-state index contributed by atoms with van der Waals surface area (Å²) >= 11 is 1.36. The molecule has 0 radical (unpaired) electrons. The first-order chi connectivity index (χ1) is 14.6. The van der Waals surface area contributed by atoms with Crippen LogP contribution in [0.4, 0.5) is 0 Å². The third-order valence-electron chi connectivity index (χ3n) is 4.85. The standard InChI is InChI=1S/C22H24N4O3S/c1-15(16-7-4-3-5-8-16)23-20(27)14-30-22-25-24-21(26(22)2)17-9-10-18-19(13-17)29-12-6-11-28-18/h3-5,7-10,13,15H,6,11-12,14H2,1-2H3,(H,23,27)/t15-/m1/s1. The topological polar surface area (TPSA) is 78.3 Å². The van der Waals surface area contributed by atoms with Gasteiger partial charge in [0.25, 0.3) is 0 Å². The number of hydrogen-bond donors (Lipinski definition) is 1. The van der Waals surface area contributed by atoms with Crippen molar-refractivity contribution in [3.05, 3.63) is 54.1 Å². The van der Waals surface area contributed by atoms with Crippen LogP contribution in [0.15, 0.2) is 53.7 Å². The predicted octanol–water partition coefficient (Wildman–Crippen LogP) is 3.61. The summed E-state index contributed by atoms with van der Waals surface area (Å²) in [5.41, 5.74) is 1.97. The van der Waals surface area contributed by atoms with E-state index in [1.54, 1.807) is 0 Å². The van der Waals surface area contributed by atoms with Crippen LogP contribution in [-0.2, 0) is 11.8 Å². The summed E-state index contributed by atoms with van der Waals surface area (Å²) in [6.07, 6.45) is 0.861. The number of nitrogens with zero attached hydrogens (tertiary/aromatic N) is 3. The summed E-state index contributed by atoms with van der Waals surface area (Å²) < 4.78 is 13.3. The Kier molecular flexibility index (Phi) is 6.23. The average molecular weight is 425 g/mol. The predicted molar refractivity (Wildman–Crippen MR) is 116 cm³/mol. The first-order valence-electron chi connectivity index (χ1n) is 9.88. The number of thioether (sulfide) groups is 1.